The second kappa shape index (κ2) is 8.52. The molecule has 1 atom stereocenters. The number of anilines is 2. The summed E-state index contributed by atoms with van der Waals surface area (Å²) in [4.78, 5) is 12.2. The first kappa shape index (κ1) is 19.9. The summed E-state index contributed by atoms with van der Waals surface area (Å²) in [6, 6.07) is 13.3. The normalized spacial score (nSPS) is 15.6. The van der Waals surface area contributed by atoms with Gasteiger partial charge in [-0.3, -0.25) is 4.79 Å². The summed E-state index contributed by atoms with van der Waals surface area (Å²) in [5.41, 5.74) is 10.5. The van der Waals surface area contributed by atoms with Crippen LogP contribution in [0.1, 0.15) is 31.0 Å². The number of methoxy groups -OCH3 is 1. The van der Waals surface area contributed by atoms with Crippen molar-refractivity contribution in [2.75, 3.05) is 24.7 Å². The van der Waals surface area contributed by atoms with Crippen LogP contribution in [0.4, 0.5) is 11.4 Å². The lowest BCUT2D eigenvalue weighted by atomic mass is 10.1. The van der Waals surface area contributed by atoms with Gasteiger partial charge in [-0.05, 0) is 68.6 Å². The number of hydrogen-bond acceptors (Lipinski definition) is 4. The highest BCUT2D eigenvalue weighted by Gasteiger charge is 2.21. The number of carbonyl (C=O) groups is 1. The van der Waals surface area contributed by atoms with Gasteiger partial charge in [0.1, 0.15) is 11.4 Å². The maximum atomic E-state index is 12.2. The molecular weight excluding hydrogens is 376 g/mol. The highest BCUT2D eigenvalue weighted by atomic mass is 16.5. The molecule has 3 aromatic rings. The van der Waals surface area contributed by atoms with Crippen LogP contribution in [0.25, 0.3) is 10.9 Å². The summed E-state index contributed by atoms with van der Waals surface area (Å²) in [6.45, 7) is 3.72. The molecule has 30 heavy (non-hydrogen) atoms. The SMILES string of the molecule is CCn1c(C#Cc2ccc(NC(=O)[C@@H]3CCCN3)cc2)c(N)c2ccc(OC)cc21. The first-order valence-electron chi connectivity index (χ1n) is 10.2. The average molecular weight is 402 g/mol. The number of nitrogens with zero attached hydrogens (tertiary/aromatic N) is 1. The van der Waals surface area contributed by atoms with Crippen molar-refractivity contribution >= 4 is 28.2 Å². The van der Waals surface area contributed by atoms with E-state index in [4.69, 9.17) is 10.5 Å². The van der Waals surface area contributed by atoms with Gasteiger partial charge in [0, 0.05) is 29.2 Å². The first-order chi connectivity index (χ1) is 14.6. The Morgan fingerprint density at radius 3 is 2.73 bits per heavy atom. The quantitative estimate of drug-likeness (QED) is 0.585. The number of carbonyl (C=O) groups excluding carboxylic acids is 1. The van der Waals surface area contributed by atoms with Gasteiger partial charge in [0.2, 0.25) is 5.91 Å². The molecule has 1 aromatic heterocycles. The second-order valence-corrected chi connectivity index (χ2v) is 7.36. The molecule has 4 rings (SSSR count). The van der Waals surface area contributed by atoms with Crippen molar-refractivity contribution in [2.45, 2.75) is 32.4 Å². The third kappa shape index (κ3) is 3.85. The van der Waals surface area contributed by atoms with E-state index in [9.17, 15) is 4.79 Å². The van der Waals surface area contributed by atoms with Crippen LogP contribution in [0.5, 0.6) is 5.75 Å². The Kier molecular flexibility index (Phi) is 5.64. The van der Waals surface area contributed by atoms with E-state index in [1.807, 2.05) is 42.5 Å². The van der Waals surface area contributed by atoms with E-state index >= 15 is 0 Å². The number of hydrogen-bond donors (Lipinski definition) is 3. The van der Waals surface area contributed by atoms with Crippen LogP contribution in [-0.2, 0) is 11.3 Å². The third-order valence-corrected chi connectivity index (χ3v) is 5.48. The van der Waals surface area contributed by atoms with E-state index in [-0.39, 0.29) is 11.9 Å². The Labute approximate surface area is 176 Å². The molecule has 1 amide bonds. The van der Waals surface area contributed by atoms with Crippen LogP contribution in [0.15, 0.2) is 42.5 Å². The van der Waals surface area contributed by atoms with Crippen LogP contribution >= 0.6 is 0 Å². The zero-order valence-corrected chi connectivity index (χ0v) is 17.3. The zero-order valence-electron chi connectivity index (χ0n) is 17.3. The predicted octanol–water partition coefficient (Wildman–Crippen LogP) is 3.34. The van der Waals surface area contributed by atoms with E-state index in [1.165, 1.54) is 0 Å². The molecule has 6 heteroatoms. The number of aromatic nitrogens is 1. The number of amides is 1. The van der Waals surface area contributed by atoms with Crippen molar-refractivity contribution in [2.24, 2.45) is 0 Å². The fourth-order valence-electron chi connectivity index (χ4n) is 3.85. The molecule has 4 N–H and O–H groups in total. The Morgan fingerprint density at radius 2 is 2.07 bits per heavy atom. The molecule has 2 aromatic carbocycles. The number of nitrogen functional groups attached to an aromatic ring is 1. The molecule has 0 radical (unpaired) electrons. The minimum atomic E-state index is -0.0953. The number of ether oxygens (including phenoxy) is 1. The average Bonchev–Trinajstić information content (AvgIpc) is 3.40. The molecule has 1 fully saturated rings. The van der Waals surface area contributed by atoms with Crippen molar-refractivity contribution in [3.8, 4) is 17.6 Å². The number of fused-ring (bicyclic) bond motifs is 1. The molecule has 2 heterocycles. The van der Waals surface area contributed by atoms with Gasteiger partial charge in [-0.1, -0.05) is 5.92 Å². The monoisotopic (exact) mass is 402 g/mol. The summed E-state index contributed by atoms with van der Waals surface area (Å²) < 4.78 is 7.45. The van der Waals surface area contributed by atoms with E-state index < -0.39 is 0 Å². The highest BCUT2D eigenvalue weighted by Crippen LogP contribution is 2.31. The summed E-state index contributed by atoms with van der Waals surface area (Å²) >= 11 is 0. The van der Waals surface area contributed by atoms with Gasteiger partial charge in [0.25, 0.3) is 0 Å². The Balaban J connectivity index is 1.57. The zero-order chi connectivity index (χ0) is 21.1. The fraction of sp³-hybridized carbons (Fsp3) is 0.292. The lowest BCUT2D eigenvalue weighted by Gasteiger charge is -2.10. The standard InChI is InChI=1S/C24H26N4O2/c1-3-28-21(23(25)19-12-11-18(30-2)15-22(19)28)13-8-16-6-9-17(10-7-16)27-24(29)20-5-4-14-26-20/h6-7,9-12,15,20,26H,3-5,14,25H2,1-2H3,(H,27,29)/t20-/m0/s1. The molecular formula is C24H26N4O2. The molecule has 1 saturated heterocycles. The van der Waals surface area contributed by atoms with Gasteiger partial charge >= 0.3 is 0 Å². The summed E-state index contributed by atoms with van der Waals surface area (Å²) in [6.07, 6.45) is 1.92. The topological polar surface area (TPSA) is 81.3 Å². The summed E-state index contributed by atoms with van der Waals surface area (Å²) in [5, 5.41) is 7.13. The van der Waals surface area contributed by atoms with Crippen LogP contribution in [0.3, 0.4) is 0 Å². The lowest BCUT2D eigenvalue weighted by molar-refractivity contribution is -0.117. The molecule has 0 saturated carbocycles. The molecule has 6 nitrogen and oxygen atoms in total. The number of nitrogens with two attached hydrogens (primary N) is 1. The van der Waals surface area contributed by atoms with E-state index in [0.29, 0.717) is 5.69 Å². The molecule has 0 spiro atoms. The molecule has 1 aliphatic rings. The van der Waals surface area contributed by atoms with Crippen molar-refractivity contribution in [3.05, 3.63) is 53.7 Å². The Morgan fingerprint density at radius 1 is 1.27 bits per heavy atom. The van der Waals surface area contributed by atoms with Gasteiger partial charge in [0.15, 0.2) is 0 Å². The largest absolute Gasteiger partial charge is 0.497 e. The first-order valence-corrected chi connectivity index (χ1v) is 10.2. The lowest BCUT2D eigenvalue weighted by Crippen LogP contribution is -2.35. The second-order valence-electron chi connectivity index (χ2n) is 7.36. The van der Waals surface area contributed by atoms with Crippen molar-refractivity contribution in [1.82, 2.24) is 9.88 Å². The van der Waals surface area contributed by atoms with Crippen molar-refractivity contribution in [1.29, 1.82) is 0 Å². The van der Waals surface area contributed by atoms with Crippen LogP contribution < -0.4 is 21.1 Å². The molecule has 0 bridgehead atoms. The van der Waals surface area contributed by atoms with Crippen LogP contribution in [-0.4, -0.2) is 30.2 Å². The maximum absolute atomic E-state index is 12.2. The number of rotatable bonds is 4. The van der Waals surface area contributed by atoms with Crippen LogP contribution in [0, 0.1) is 11.8 Å². The maximum Gasteiger partial charge on any atom is 0.241 e. The smallest absolute Gasteiger partial charge is 0.241 e. The number of nitrogens with one attached hydrogen (secondary N) is 2. The molecule has 0 aliphatic carbocycles. The molecule has 0 unspecified atom stereocenters. The van der Waals surface area contributed by atoms with E-state index in [1.54, 1.807) is 7.11 Å². The fourth-order valence-corrected chi connectivity index (χ4v) is 3.85. The molecule has 154 valence electrons. The Hall–Kier alpha value is -3.43. The minimum Gasteiger partial charge on any atom is -0.497 e. The minimum absolute atomic E-state index is 0.0157. The summed E-state index contributed by atoms with van der Waals surface area (Å²) in [7, 11) is 1.65. The van der Waals surface area contributed by atoms with Gasteiger partial charge in [0.05, 0.1) is 24.4 Å². The van der Waals surface area contributed by atoms with Gasteiger partial charge in [-0.2, -0.15) is 0 Å². The number of benzene rings is 2. The number of aryl methyl sites for hydroxylation is 1. The van der Waals surface area contributed by atoms with E-state index in [0.717, 1.165) is 59.5 Å². The molecule has 1 aliphatic heterocycles. The van der Waals surface area contributed by atoms with Crippen LogP contribution in [0.2, 0.25) is 0 Å². The van der Waals surface area contributed by atoms with Gasteiger partial charge in [-0.15, -0.1) is 0 Å². The highest BCUT2D eigenvalue weighted by molar-refractivity contribution is 5.96. The van der Waals surface area contributed by atoms with Crippen molar-refractivity contribution in [3.63, 3.8) is 0 Å². The predicted molar refractivity (Wildman–Crippen MR) is 121 cm³/mol. The Bertz CT molecular complexity index is 1130. The third-order valence-electron chi connectivity index (χ3n) is 5.48. The summed E-state index contributed by atoms with van der Waals surface area (Å²) in [5.74, 6) is 7.23. The van der Waals surface area contributed by atoms with Gasteiger partial charge in [-0.25, -0.2) is 0 Å². The van der Waals surface area contributed by atoms with Crippen molar-refractivity contribution < 1.29 is 9.53 Å². The van der Waals surface area contributed by atoms with E-state index in [2.05, 4.69) is 34.0 Å². The van der Waals surface area contributed by atoms with Gasteiger partial charge < -0.3 is 25.7 Å².